The molecule has 1 aliphatic rings. The number of rotatable bonds is 0. The number of hydrogen-bond acceptors (Lipinski definition) is 0. The Balaban J connectivity index is 2.22. The summed E-state index contributed by atoms with van der Waals surface area (Å²) < 4.78 is 0. The lowest BCUT2D eigenvalue weighted by Crippen LogP contribution is -1.98. The number of halogens is 1. The molecular formula is C16H15Cl. The summed E-state index contributed by atoms with van der Waals surface area (Å²) in [6.07, 6.45) is 0.930. The molecule has 2 atom stereocenters. The van der Waals surface area contributed by atoms with Gasteiger partial charge in [-0.2, -0.15) is 0 Å². The van der Waals surface area contributed by atoms with Gasteiger partial charge in [0.1, 0.15) is 0 Å². The van der Waals surface area contributed by atoms with Gasteiger partial charge in [-0.1, -0.05) is 55.5 Å². The van der Waals surface area contributed by atoms with Gasteiger partial charge in [0.25, 0.3) is 0 Å². The first kappa shape index (κ1) is 10.9. The SMILES string of the molecule is CC1c2ccccc2CC(Cl)c2ccccc21. The van der Waals surface area contributed by atoms with Crippen LogP contribution in [0.25, 0.3) is 0 Å². The number of alkyl halides is 1. The minimum atomic E-state index is 0.0947. The van der Waals surface area contributed by atoms with Gasteiger partial charge in [-0.15, -0.1) is 11.6 Å². The van der Waals surface area contributed by atoms with Crippen molar-refractivity contribution in [1.29, 1.82) is 0 Å². The Morgan fingerprint density at radius 2 is 1.47 bits per heavy atom. The molecule has 1 aliphatic carbocycles. The van der Waals surface area contributed by atoms with Crippen molar-refractivity contribution in [3.8, 4) is 0 Å². The van der Waals surface area contributed by atoms with Crippen LogP contribution in [-0.2, 0) is 6.42 Å². The largest absolute Gasteiger partial charge is 0.117 e. The molecule has 2 aromatic carbocycles. The van der Waals surface area contributed by atoms with Crippen molar-refractivity contribution in [3.63, 3.8) is 0 Å². The van der Waals surface area contributed by atoms with E-state index in [0.717, 1.165) is 6.42 Å². The lowest BCUT2D eigenvalue weighted by Gasteiger charge is -2.15. The fourth-order valence-corrected chi connectivity index (χ4v) is 3.17. The lowest BCUT2D eigenvalue weighted by molar-refractivity contribution is 0.911. The molecule has 0 heterocycles. The fourth-order valence-electron chi connectivity index (χ4n) is 2.80. The van der Waals surface area contributed by atoms with Gasteiger partial charge in [0.15, 0.2) is 0 Å². The maximum Gasteiger partial charge on any atom is 0.0628 e. The number of hydrogen-bond donors (Lipinski definition) is 0. The summed E-state index contributed by atoms with van der Waals surface area (Å²) in [5.74, 6) is 0.436. The molecule has 0 saturated carbocycles. The first-order valence-electron chi connectivity index (χ1n) is 6.08. The van der Waals surface area contributed by atoms with Gasteiger partial charge in [-0.25, -0.2) is 0 Å². The van der Waals surface area contributed by atoms with Crippen LogP contribution >= 0.6 is 11.6 Å². The van der Waals surface area contributed by atoms with E-state index < -0.39 is 0 Å². The van der Waals surface area contributed by atoms with Gasteiger partial charge in [0, 0.05) is 5.92 Å². The highest BCUT2D eigenvalue weighted by atomic mass is 35.5. The van der Waals surface area contributed by atoms with Crippen molar-refractivity contribution in [1.82, 2.24) is 0 Å². The van der Waals surface area contributed by atoms with Crippen LogP contribution < -0.4 is 0 Å². The molecule has 2 aromatic rings. The molecule has 0 bridgehead atoms. The minimum Gasteiger partial charge on any atom is -0.117 e. The molecule has 0 fully saturated rings. The van der Waals surface area contributed by atoms with E-state index in [4.69, 9.17) is 11.6 Å². The minimum absolute atomic E-state index is 0.0947. The van der Waals surface area contributed by atoms with Crippen LogP contribution in [0.1, 0.15) is 40.5 Å². The zero-order valence-electron chi connectivity index (χ0n) is 9.86. The van der Waals surface area contributed by atoms with Crippen LogP contribution in [0.3, 0.4) is 0 Å². The highest BCUT2D eigenvalue weighted by molar-refractivity contribution is 6.21. The van der Waals surface area contributed by atoms with E-state index in [-0.39, 0.29) is 5.38 Å². The van der Waals surface area contributed by atoms with E-state index in [1.807, 2.05) is 0 Å². The number of fused-ring (bicyclic) bond motifs is 2. The van der Waals surface area contributed by atoms with E-state index in [9.17, 15) is 0 Å². The molecule has 1 heteroatoms. The highest BCUT2D eigenvalue weighted by Crippen LogP contribution is 2.40. The standard InChI is InChI=1S/C16H15Cl/c1-11-13-7-3-2-6-12(13)10-16(17)15-9-5-4-8-14(11)15/h2-9,11,16H,10H2,1H3. The maximum atomic E-state index is 6.54. The molecule has 0 aliphatic heterocycles. The molecule has 0 radical (unpaired) electrons. The van der Waals surface area contributed by atoms with E-state index in [1.54, 1.807) is 0 Å². The quantitative estimate of drug-likeness (QED) is 0.589. The highest BCUT2D eigenvalue weighted by Gasteiger charge is 2.24. The zero-order valence-corrected chi connectivity index (χ0v) is 10.6. The Hall–Kier alpha value is -1.27. The average molecular weight is 243 g/mol. The Morgan fingerprint density at radius 3 is 2.24 bits per heavy atom. The van der Waals surface area contributed by atoms with Crippen LogP contribution in [0.2, 0.25) is 0 Å². The van der Waals surface area contributed by atoms with E-state index in [1.165, 1.54) is 22.3 Å². The third-order valence-electron chi connectivity index (χ3n) is 3.72. The van der Waals surface area contributed by atoms with Gasteiger partial charge in [0.2, 0.25) is 0 Å². The van der Waals surface area contributed by atoms with Gasteiger partial charge in [-0.05, 0) is 28.7 Å². The molecule has 0 aromatic heterocycles. The van der Waals surface area contributed by atoms with E-state index in [2.05, 4.69) is 55.5 Å². The maximum absolute atomic E-state index is 6.54. The van der Waals surface area contributed by atoms with Crippen LogP contribution in [0.15, 0.2) is 48.5 Å². The van der Waals surface area contributed by atoms with Crippen molar-refractivity contribution in [2.45, 2.75) is 24.6 Å². The molecule has 17 heavy (non-hydrogen) atoms. The molecule has 3 rings (SSSR count). The Kier molecular flexibility index (Phi) is 2.68. The molecule has 86 valence electrons. The Morgan fingerprint density at radius 1 is 0.882 bits per heavy atom. The molecule has 0 N–H and O–H groups in total. The molecule has 0 amide bonds. The predicted octanol–water partition coefficient (Wildman–Crippen LogP) is 4.67. The van der Waals surface area contributed by atoms with E-state index in [0.29, 0.717) is 5.92 Å². The molecule has 0 saturated heterocycles. The van der Waals surface area contributed by atoms with Crippen LogP contribution in [-0.4, -0.2) is 0 Å². The normalized spacial score (nSPS) is 22.5. The second kappa shape index (κ2) is 4.19. The molecular weight excluding hydrogens is 228 g/mol. The van der Waals surface area contributed by atoms with Crippen LogP contribution in [0.5, 0.6) is 0 Å². The summed E-state index contributed by atoms with van der Waals surface area (Å²) in [6.45, 7) is 2.27. The Labute approximate surface area is 107 Å². The van der Waals surface area contributed by atoms with Gasteiger partial charge < -0.3 is 0 Å². The van der Waals surface area contributed by atoms with Crippen molar-refractivity contribution < 1.29 is 0 Å². The van der Waals surface area contributed by atoms with Crippen molar-refractivity contribution >= 4 is 11.6 Å². The van der Waals surface area contributed by atoms with E-state index >= 15 is 0 Å². The van der Waals surface area contributed by atoms with Crippen molar-refractivity contribution in [2.24, 2.45) is 0 Å². The fraction of sp³-hybridized carbons (Fsp3) is 0.250. The van der Waals surface area contributed by atoms with Crippen LogP contribution in [0.4, 0.5) is 0 Å². The second-order valence-corrected chi connectivity index (χ2v) is 5.25. The predicted molar refractivity (Wildman–Crippen MR) is 72.7 cm³/mol. The Bertz CT molecular complexity index is 545. The van der Waals surface area contributed by atoms with Gasteiger partial charge >= 0.3 is 0 Å². The first-order chi connectivity index (χ1) is 8.27. The topological polar surface area (TPSA) is 0 Å². The molecule has 0 nitrogen and oxygen atoms in total. The first-order valence-corrected chi connectivity index (χ1v) is 6.51. The average Bonchev–Trinajstić information content (AvgIpc) is 2.48. The van der Waals surface area contributed by atoms with Crippen molar-refractivity contribution in [2.75, 3.05) is 0 Å². The van der Waals surface area contributed by atoms with Crippen molar-refractivity contribution in [3.05, 3.63) is 70.8 Å². The summed E-state index contributed by atoms with van der Waals surface area (Å²) in [5, 5.41) is 0.0947. The number of benzene rings is 2. The molecule has 0 spiro atoms. The summed E-state index contributed by atoms with van der Waals surface area (Å²) in [4.78, 5) is 0. The van der Waals surface area contributed by atoms with Crippen LogP contribution in [0, 0.1) is 0 Å². The monoisotopic (exact) mass is 242 g/mol. The summed E-state index contributed by atoms with van der Waals surface area (Å²) >= 11 is 6.54. The summed E-state index contributed by atoms with van der Waals surface area (Å²) in [7, 11) is 0. The molecule has 2 unspecified atom stereocenters. The summed E-state index contributed by atoms with van der Waals surface area (Å²) in [5.41, 5.74) is 5.47. The third-order valence-corrected chi connectivity index (χ3v) is 4.11. The smallest absolute Gasteiger partial charge is 0.0628 e. The van der Waals surface area contributed by atoms with Gasteiger partial charge in [0.05, 0.1) is 5.38 Å². The third kappa shape index (κ3) is 1.77. The lowest BCUT2D eigenvalue weighted by atomic mass is 9.90. The zero-order chi connectivity index (χ0) is 11.8. The second-order valence-electron chi connectivity index (χ2n) is 4.72. The summed E-state index contributed by atoms with van der Waals surface area (Å²) in [6, 6.07) is 17.2. The van der Waals surface area contributed by atoms with Gasteiger partial charge in [-0.3, -0.25) is 0 Å².